The van der Waals surface area contributed by atoms with Crippen molar-refractivity contribution in [2.45, 2.75) is 26.8 Å². The number of aliphatic imine (C=N–C) groups is 1. The summed E-state index contributed by atoms with van der Waals surface area (Å²) in [6.45, 7) is 7.25. The lowest BCUT2D eigenvalue weighted by molar-refractivity contribution is 0.108. The molecule has 0 spiro atoms. The molecule has 22 heavy (non-hydrogen) atoms. The Labute approximate surface area is 149 Å². The highest BCUT2D eigenvalue weighted by Crippen LogP contribution is 2.01. The third kappa shape index (κ3) is 9.94. The normalized spacial score (nSPS) is 11.2. The summed E-state index contributed by atoms with van der Waals surface area (Å²) in [7, 11) is 1.73. The lowest BCUT2D eigenvalue weighted by Crippen LogP contribution is -2.37. The first-order valence-corrected chi connectivity index (χ1v) is 7.38. The molecule has 0 saturated carbocycles. The van der Waals surface area contributed by atoms with Gasteiger partial charge in [-0.15, -0.1) is 24.0 Å². The van der Waals surface area contributed by atoms with Crippen LogP contribution in [0.3, 0.4) is 0 Å². The standard InChI is InChI=1S/C16H26FN3O.HI/c1-13(2)12-21-10-4-9-19-16(18-3)20-11-14-5-7-15(17)8-6-14;/h5-8,13H,4,9-12H2,1-3H3,(H2,18,19,20);1H. The molecule has 0 amide bonds. The lowest BCUT2D eigenvalue weighted by Gasteiger charge is -2.12. The van der Waals surface area contributed by atoms with E-state index in [0.717, 1.165) is 37.7 Å². The number of ether oxygens (including phenoxy) is 1. The average Bonchev–Trinajstić information content (AvgIpc) is 2.47. The maximum Gasteiger partial charge on any atom is 0.191 e. The van der Waals surface area contributed by atoms with Gasteiger partial charge in [-0.25, -0.2) is 4.39 Å². The molecule has 1 aromatic carbocycles. The maximum atomic E-state index is 12.8. The number of halogens is 2. The SMILES string of the molecule is CN=C(NCCCOCC(C)C)NCc1ccc(F)cc1.I. The Hall–Kier alpha value is -0.890. The Morgan fingerprint density at radius 3 is 2.50 bits per heavy atom. The van der Waals surface area contributed by atoms with Gasteiger partial charge < -0.3 is 15.4 Å². The van der Waals surface area contributed by atoms with Crippen LogP contribution in [0.15, 0.2) is 29.3 Å². The van der Waals surface area contributed by atoms with Crippen LogP contribution in [-0.4, -0.2) is 32.8 Å². The van der Waals surface area contributed by atoms with Crippen molar-refractivity contribution in [3.8, 4) is 0 Å². The van der Waals surface area contributed by atoms with E-state index in [-0.39, 0.29) is 29.8 Å². The van der Waals surface area contributed by atoms with E-state index in [2.05, 4.69) is 29.5 Å². The van der Waals surface area contributed by atoms with Crippen LogP contribution in [-0.2, 0) is 11.3 Å². The zero-order chi connectivity index (χ0) is 15.5. The van der Waals surface area contributed by atoms with Gasteiger partial charge in [0.15, 0.2) is 5.96 Å². The minimum absolute atomic E-state index is 0. The van der Waals surface area contributed by atoms with E-state index >= 15 is 0 Å². The Morgan fingerprint density at radius 1 is 1.23 bits per heavy atom. The van der Waals surface area contributed by atoms with Crippen LogP contribution in [0, 0.1) is 11.7 Å². The van der Waals surface area contributed by atoms with Gasteiger partial charge >= 0.3 is 0 Å². The van der Waals surface area contributed by atoms with Crippen LogP contribution in [0.4, 0.5) is 4.39 Å². The summed E-state index contributed by atoms with van der Waals surface area (Å²) in [4.78, 5) is 4.15. The highest BCUT2D eigenvalue weighted by atomic mass is 127. The van der Waals surface area contributed by atoms with Crippen molar-refractivity contribution in [3.63, 3.8) is 0 Å². The summed E-state index contributed by atoms with van der Waals surface area (Å²) >= 11 is 0. The van der Waals surface area contributed by atoms with Crippen LogP contribution in [0.2, 0.25) is 0 Å². The van der Waals surface area contributed by atoms with Crippen LogP contribution < -0.4 is 10.6 Å². The fourth-order valence-electron chi connectivity index (χ4n) is 1.71. The second kappa shape index (κ2) is 12.6. The summed E-state index contributed by atoms with van der Waals surface area (Å²) in [5.74, 6) is 1.09. The molecule has 1 aromatic rings. The molecule has 0 unspecified atom stereocenters. The van der Waals surface area contributed by atoms with Crippen molar-refractivity contribution in [2.24, 2.45) is 10.9 Å². The Bertz CT molecular complexity index is 424. The van der Waals surface area contributed by atoms with Gasteiger partial charge in [0.2, 0.25) is 0 Å². The topological polar surface area (TPSA) is 45.7 Å². The van der Waals surface area contributed by atoms with E-state index in [1.807, 2.05) is 0 Å². The van der Waals surface area contributed by atoms with Gasteiger partial charge in [0.25, 0.3) is 0 Å². The molecule has 0 fully saturated rings. The first kappa shape index (κ1) is 21.1. The zero-order valence-electron chi connectivity index (χ0n) is 13.6. The quantitative estimate of drug-likeness (QED) is 0.292. The van der Waals surface area contributed by atoms with Gasteiger partial charge in [0.1, 0.15) is 5.82 Å². The van der Waals surface area contributed by atoms with E-state index in [4.69, 9.17) is 4.74 Å². The van der Waals surface area contributed by atoms with E-state index in [1.54, 1.807) is 19.2 Å². The molecular formula is C16H27FIN3O. The third-order valence-electron chi connectivity index (χ3n) is 2.81. The van der Waals surface area contributed by atoms with Gasteiger partial charge in [-0.2, -0.15) is 0 Å². The van der Waals surface area contributed by atoms with Crippen LogP contribution >= 0.6 is 24.0 Å². The molecule has 0 bridgehead atoms. The molecule has 2 N–H and O–H groups in total. The molecule has 6 heteroatoms. The summed E-state index contributed by atoms with van der Waals surface area (Å²) in [6, 6.07) is 6.43. The summed E-state index contributed by atoms with van der Waals surface area (Å²) in [5, 5.41) is 6.41. The van der Waals surface area contributed by atoms with Gasteiger partial charge in [-0.3, -0.25) is 4.99 Å². The number of nitrogens with zero attached hydrogens (tertiary/aromatic N) is 1. The second-order valence-electron chi connectivity index (χ2n) is 5.30. The Morgan fingerprint density at radius 2 is 1.91 bits per heavy atom. The first-order valence-electron chi connectivity index (χ1n) is 7.38. The molecule has 0 aliphatic rings. The molecule has 0 aromatic heterocycles. The summed E-state index contributed by atoms with van der Waals surface area (Å²) in [5.41, 5.74) is 1.01. The molecule has 0 heterocycles. The summed E-state index contributed by atoms with van der Waals surface area (Å²) in [6.07, 6.45) is 0.934. The monoisotopic (exact) mass is 423 g/mol. The van der Waals surface area contributed by atoms with Crippen LogP contribution in [0.5, 0.6) is 0 Å². The highest BCUT2D eigenvalue weighted by molar-refractivity contribution is 14.0. The minimum Gasteiger partial charge on any atom is -0.381 e. The van der Waals surface area contributed by atoms with E-state index < -0.39 is 0 Å². The molecule has 4 nitrogen and oxygen atoms in total. The van der Waals surface area contributed by atoms with Crippen molar-refractivity contribution in [1.82, 2.24) is 10.6 Å². The smallest absolute Gasteiger partial charge is 0.191 e. The van der Waals surface area contributed by atoms with Gasteiger partial charge in [-0.1, -0.05) is 26.0 Å². The highest BCUT2D eigenvalue weighted by Gasteiger charge is 1.99. The summed E-state index contributed by atoms with van der Waals surface area (Å²) < 4.78 is 18.3. The molecule has 0 aliphatic carbocycles. The number of rotatable bonds is 8. The predicted octanol–water partition coefficient (Wildman–Crippen LogP) is 3.17. The van der Waals surface area contributed by atoms with Crippen LogP contribution in [0.1, 0.15) is 25.8 Å². The van der Waals surface area contributed by atoms with Crippen molar-refractivity contribution in [3.05, 3.63) is 35.6 Å². The van der Waals surface area contributed by atoms with Crippen molar-refractivity contribution >= 4 is 29.9 Å². The third-order valence-corrected chi connectivity index (χ3v) is 2.81. The van der Waals surface area contributed by atoms with E-state index in [9.17, 15) is 4.39 Å². The molecule has 0 atom stereocenters. The molecule has 1 rings (SSSR count). The molecule has 0 saturated heterocycles. The van der Waals surface area contributed by atoms with E-state index in [0.29, 0.717) is 12.5 Å². The Balaban J connectivity index is 0.00000441. The van der Waals surface area contributed by atoms with Crippen LogP contribution in [0.25, 0.3) is 0 Å². The molecule has 0 radical (unpaired) electrons. The molecular weight excluding hydrogens is 396 g/mol. The first-order chi connectivity index (χ1) is 10.1. The van der Waals surface area contributed by atoms with Crippen molar-refractivity contribution in [2.75, 3.05) is 26.8 Å². The van der Waals surface area contributed by atoms with Gasteiger partial charge in [0, 0.05) is 33.4 Å². The number of hydrogen-bond acceptors (Lipinski definition) is 2. The lowest BCUT2D eigenvalue weighted by atomic mass is 10.2. The number of benzene rings is 1. The predicted molar refractivity (Wildman–Crippen MR) is 100 cm³/mol. The van der Waals surface area contributed by atoms with Crippen molar-refractivity contribution in [1.29, 1.82) is 0 Å². The fraction of sp³-hybridized carbons (Fsp3) is 0.562. The largest absolute Gasteiger partial charge is 0.381 e. The molecule has 126 valence electrons. The maximum absolute atomic E-state index is 12.8. The number of nitrogens with one attached hydrogen (secondary N) is 2. The average molecular weight is 423 g/mol. The number of hydrogen-bond donors (Lipinski definition) is 2. The van der Waals surface area contributed by atoms with Gasteiger partial charge in [0.05, 0.1) is 0 Å². The Kier molecular flexibility index (Phi) is 12.1. The van der Waals surface area contributed by atoms with E-state index in [1.165, 1.54) is 12.1 Å². The zero-order valence-corrected chi connectivity index (χ0v) is 15.9. The molecule has 0 aliphatic heterocycles. The number of guanidine groups is 1. The minimum atomic E-state index is -0.220. The van der Waals surface area contributed by atoms with Gasteiger partial charge in [-0.05, 0) is 30.0 Å². The second-order valence-corrected chi connectivity index (χ2v) is 5.30. The fourth-order valence-corrected chi connectivity index (χ4v) is 1.71. The van der Waals surface area contributed by atoms with Crippen molar-refractivity contribution < 1.29 is 9.13 Å².